The third kappa shape index (κ3) is 6.42. The lowest BCUT2D eigenvalue weighted by molar-refractivity contribution is -0.142. The zero-order chi connectivity index (χ0) is 22.9. The van der Waals surface area contributed by atoms with Crippen LogP contribution in [0.4, 0.5) is 0 Å². The molecule has 0 fully saturated rings. The average molecular weight is 439 g/mol. The number of carbonyl (C=O) groups is 1. The third-order valence-electron chi connectivity index (χ3n) is 6.12. The van der Waals surface area contributed by atoms with E-state index in [4.69, 9.17) is 0 Å². The van der Waals surface area contributed by atoms with E-state index in [0.717, 1.165) is 36.9 Å². The normalized spacial score (nSPS) is 11.9. The monoisotopic (exact) mass is 438 g/mol. The number of carboxylic acids is 1. The van der Waals surface area contributed by atoms with Gasteiger partial charge >= 0.3 is 5.97 Å². The van der Waals surface area contributed by atoms with Crippen LogP contribution in [0.25, 0.3) is 11.1 Å². The van der Waals surface area contributed by atoms with Crippen LogP contribution < -0.4 is 0 Å². The number of carboxylic acid groups (broad SMARTS) is 1. The molecule has 1 atom stereocenters. The summed E-state index contributed by atoms with van der Waals surface area (Å²) in [5.41, 5.74) is 5.84. The van der Waals surface area contributed by atoms with E-state index in [0.29, 0.717) is 12.8 Å². The predicted molar refractivity (Wildman–Crippen MR) is 132 cm³/mol. The Morgan fingerprint density at radius 3 is 2.21 bits per heavy atom. The fourth-order valence-corrected chi connectivity index (χ4v) is 4.30. The van der Waals surface area contributed by atoms with E-state index in [9.17, 15) is 9.90 Å². The van der Waals surface area contributed by atoms with Crippen molar-refractivity contribution in [1.82, 2.24) is 9.78 Å². The average Bonchev–Trinajstić information content (AvgIpc) is 3.31. The molecule has 1 aromatic heterocycles. The highest BCUT2D eigenvalue weighted by molar-refractivity contribution is 5.70. The zero-order valence-corrected chi connectivity index (χ0v) is 18.8. The molecule has 33 heavy (non-hydrogen) atoms. The molecule has 3 aromatic carbocycles. The molecule has 0 aliphatic rings. The van der Waals surface area contributed by atoms with Crippen molar-refractivity contribution in [2.24, 2.45) is 5.92 Å². The van der Waals surface area contributed by atoms with Crippen molar-refractivity contribution < 1.29 is 9.90 Å². The Hall–Kier alpha value is -3.66. The van der Waals surface area contributed by atoms with Gasteiger partial charge < -0.3 is 5.11 Å². The van der Waals surface area contributed by atoms with Crippen molar-refractivity contribution in [3.8, 4) is 11.1 Å². The number of rotatable bonds is 11. The van der Waals surface area contributed by atoms with Gasteiger partial charge in [0.2, 0.25) is 0 Å². The second kappa shape index (κ2) is 11.3. The third-order valence-corrected chi connectivity index (χ3v) is 6.12. The second-order valence-corrected chi connectivity index (χ2v) is 8.52. The van der Waals surface area contributed by atoms with Gasteiger partial charge in [-0.05, 0) is 54.4 Å². The lowest BCUT2D eigenvalue weighted by Gasteiger charge is -2.14. The van der Waals surface area contributed by atoms with Gasteiger partial charge in [-0.25, -0.2) is 0 Å². The van der Waals surface area contributed by atoms with Crippen LogP contribution >= 0.6 is 0 Å². The Balaban J connectivity index is 1.39. The summed E-state index contributed by atoms with van der Waals surface area (Å²) >= 11 is 0. The van der Waals surface area contributed by atoms with Crippen LogP contribution in [0.1, 0.15) is 36.0 Å². The molecular weight excluding hydrogens is 408 g/mol. The van der Waals surface area contributed by atoms with E-state index in [1.54, 1.807) is 0 Å². The minimum Gasteiger partial charge on any atom is -0.481 e. The summed E-state index contributed by atoms with van der Waals surface area (Å²) in [4.78, 5) is 11.9. The van der Waals surface area contributed by atoms with E-state index in [2.05, 4.69) is 47.7 Å². The summed E-state index contributed by atoms with van der Waals surface area (Å²) in [7, 11) is 0. The van der Waals surface area contributed by atoms with E-state index in [-0.39, 0.29) is 5.92 Å². The van der Waals surface area contributed by atoms with E-state index < -0.39 is 5.97 Å². The Kier molecular flexibility index (Phi) is 7.70. The topological polar surface area (TPSA) is 55.1 Å². The first-order chi connectivity index (χ1) is 16.2. The minimum absolute atomic E-state index is 0.331. The van der Waals surface area contributed by atoms with Crippen LogP contribution in [0.5, 0.6) is 0 Å². The SMILES string of the molecule is O=C(O)C(CCCc1ccccc1)CCc1ccccc1-c1cnn(Cc2ccccc2)c1. The van der Waals surface area contributed by atoms with Crippen molar-refractivity contribution in [3.63, 3.8) is 0 Å². The molecule has 0 aliphatic heterocycles. The molecule has 4 nitrogen and oxygen atoms in total. The molecule has 0 saturated heterocycles. The summed E-state index contributed by atoms with van der Waals surface area (Å²) in [6.45, 7) is 0.728. The highest BCUT2D eigenvalue weighted by Gasteiger charge is 2.18. The van der Waals surface area contributed by atoms with Crippen LogP contribution in [0.3, 0.4) is 0 Å². The second-order valence-electron chi connectivity index (χ2n) is 8.52. The van der Waals surface area contributed by atoms with E-state index in [1.807, 2.05) is 59.4 Å². The molecule has 4 rings (SSSR count). The number of nitrogens with zero attached hydrogens (tertiary/aromatic N) is 2. The molecule has 1 heterocycles. The van der Waals surface area contributed by atoms with E-state index >= 15 is 0 Å². The first-order valence-corrected chi connectivity index (χ1v) is 11.6. The number of aryl methyl sites for hydroxylation is 2. The summed E-state index contributed by atoms with van der Waals surface area (Å²) in [5.74, 6) is -1.03. The number of aliphatic carboxylic acids is 1. The molecule has 0 bridgehead atoms. The molecule has 0 aliphatic carbocycles. The van der Waals surface area contributed by atoms with E-state index in [1.165, 1.54) is 16.7 Å². The molecule has 4 aromatic rings. The highest BCUT2D eigenvalue weighted by Crippen LogP contribution is 2.26. The molecule has 1 N–H and O–H groups in total. The molecular formula is C29H30N2O2. The first kappa shape index (κ1) is 22.5. The standard InChI is InChI=1S/C29H30N2O2/c32-29(33)26(16-9-14-23-10-3-1-4-11-23)19-18-25-15-7-8-17-28(25)27-20-30-31(22-27)21-24-12-5-2-6-13-24/h1-8,10-13,15,17,20,22,26H,9,14,16,18-19,21H2,(H,32,33). The fourth-order valence-electron chi connectivity index (χ4n) is 4.30. The lowest BCUT2D eigenvalue weighted by atomic mass is 9.91. The lowest BCUT2D eigenvalue weighted by Crippen LogP contribution is -2.15. The molecule has 4 heteroatoms. The molecule has 0 radical (unpaired) electrons. The molecule has 1 unspecified atom stereocenters. The smallest absolute Gasteiger partial charge is 0.306 e. The van der Waals surface area contributed by atoms with Crippen LogP contribution in [0, 0.1) is 5.92 Å². The van der Waals surface area contributed by atoms with Crippen molar-refractivity contribution >= 4 is 5.97 Å². The maximum Gasteiger partial charge on any atom is 0.306 e. The van der Waals surface area contributed by atoms with Gasteiger partial charge in [-0.2, -0.15) is 5.10 Å². The molecule has 0 amide bonds. The van der Waals surface area contributed by atoms with Crippen molar-refractivity contribution in [2.45, 2.75) is 38.6 Å². The quantitative estimate of drug-likeness (QED) is 0.301. The number of hydrogen-bond acceptors (Lipinski definition) is 2. The Labute approximate surface area is 195 Å². The Bertz CT molecular complexity index is 1150. The minimum atomic E-state index is -0.698. The van der Waals surface area contributed by atoms with Crippen LogP contribution in [0.2, 0.25) is 0 Å². The summed E-state index contributed by atoms with van der Waals surface area (Å²) in [5, 5.41) is 14.3. The van der Waals surface area contributed by atoms with Gasteiger partial charge in [-0.3, -0.25) is 9.48 Å². The van der Waals surface area contributed by atoms with Crippen LogP contribution in [0.15, 0.2) is 97.3 Å². The molecule has 0 saturated carbocycles. The van der Waals surface area contributed by atoms with Gasteiger partial charge in [0, 0.05) is 11.8 Å². The molecule has 168 valence electrons. The zero-order valence-electron chi connectivity index (χ0n) is 18.8. The summed E-state index contributed by atoms with van der Waals surface area (Å²) in [6, 6.07) is 28.8. The molecule has 0 spiro atoms. The highest BCUT2D eigenvalue weighted by atomic mass is 16.4. The Morgan fingerprint density at radius 1 is 0.818 bits per heavy atom. The van der Waals surface area contributed by atoms with Gasteiger partial charge in [0.25, 0.3) is 0 Å². The summed E-state index contributed by atoms with van der Waals surface area (Å²) < 4.78 is 1.95. The number of aromatic nitrogens is 2. The maximum atomic E-state index is 11.9. The van der Waals surface area contributed by atoms with Crippen molar-refractivity contribution in [3.05, 3.63) is 114 Å². The van der Waals surface area contributed by atoms with Gasteiger partial charge in [0.05, 0.1) is 18.7 Å². The van der Waals surface area contributed by atoms with Gasteiger partial charge in [0.15, 0.2) is 0 Å². The fraction of sp³-hybridized carbons (Fsp3) is 0.241. The van der Waals surface area contributed by atoms with Crippen molar-refractivity contribution in [2.75, 3.05) is 0 Å². The van der Waals surface area contributed by atoms with Gasteiger partial charge in [-0.1, -0.05) is 84.9 Å². The largest absolute Gasteiger partial charge is 0.481 e. The van der Waals surface area contributed by atoms with Crippen molar-refractivity contribution in [1.29, 1.82) is 0 Å². The predicted octanol–water partition coefficient (Wildman–Crippen LogP) is 6.25. The van der Waals surface area contributed by atoms with Crippen LogP contribution in [-0.4, -0.2) is 20.9 Å². The maximum absolute atomic E-state index is 11.9. The first-order valence-electron chi connectivity index (χ1n) is 11.6. The number of benzene rings is 3. The Morgan fingerprint density at radius 2 is 1.48 bits per heavy atom. The van der Waals surface area contributed by atoms with Gasteiger partial charge in [0.1, 0.15) is 0 Å². The number of hydrogen-bond donors (Lipinski definition) is 1. The summed E-state index contributed by atoms with van der Waals surface area (Å²) in [6.07, 6.45) is 7.84. The van der Waals surface area contributed by atoms with Crippen LogP contribution in [-0.2, 0) is 24.2 Å². The van der Waals surface area contributed by atoms with Gasteiger partial charge in [-0.15, -0.1) is 0 Å².